The van der Waals surface area contributed by atoms with Gasteiger partial charge in [-0.2, -0.15) is 63.5 Å². The Morgan fingerprint density at radius 2 is 0.500 bits per heavy atom. The third kappa shape index (κ3) is 35.0. The summed E-state index contributed by atoms with van der Waals surface area (Å²) in [6.07, 6.45) is 22.3. The number of methoxy groups -OCH3 is 1. The predicted octanol–water partition coefficient (Wildman–Crippen LogP) is 21.8. The van der Waals surface area contributed by atoms with Crippen LogP contribution in [0.4, 0.5) is 0 Å². The number of hydrogen-bond acceptors (Lipinski definition) is 26. The van der Waals surface area contributed by atoms with Crippen molar-refractivity contribution in [3.05, 3.63) is 168 Å². The predicted molar refractivity (Wildman–Crippen MR) is 455 cm³/mol. The number of fused-ring (bicyclic) bond motifs is 2. The Morgan fingerprint density at radius 3 is 0.758 bits per heavy atom. The zero-order valence-electron chi connectivity index (χ0n) is 75.8. The van der Waals surface area contributed by atoms with E-state index >= 15 is 0 Å². The SMILES string of the molecule is CC(C)(N)OOC1(OOC(C)(C)N)CCCCC1.CC(C)(O)OOC1(OOC(C)(C)O)CCCCC1.CC(C)(OOC1(OOC(C)(C)c2ccc3ccccc3c2)CCCCC1)c1ccc2ccccc2c1.CC(C)(OOC1(OOC(C)(C)c2ccccc2)CCCCC1)c1ccccc1.COC(C)(C)OOC1(OOC(C)(C)CO)CCCCC1. The Balaban J connectivity index is 0.000000213. The van der Waals surface area contributed by atoms with Crippen LogP contribution in [0.1, 0.15) is 321 Å². The lowest BCUT2D eigenvalue weighted by molar-refractivity contribution is -0.572. The minimum absolute atomic E-state index is 0.145. The van der Waals surface area contributed by atoms with Crippen LogP contribution in [0.5, 0.6) is 0 Å². The van der Waals surface area contributed by atoms with Crippen LogP contribution in [0.2, 0.25) is 0 Å². The van der Waals surface area contributed by atoms with Gasteiger partial charge in [0.05, 0.1) is 6.61 Å². The van der Waals surface area contributed by atoms with Crippen LogP contribution in [-0.4, -0.2) is 92.4 Å². The van der Waals surface area contributed by atoms with Crippen LogP contribution < -0.4 is 11.5 Å². The molecule has 676 valence electrons. The van der Waals surface area contributed by atoms with Crippen LogP contribution in [0.25, 0.3) is 21.5 Å². The molecule has 0 atom stereocenters. The van der Waals surface area contributed by atoms with E-state index in [0.717, 1.165) is 125 Å². The summed E-state index contributed by atoms with van der Waals surface area (Å²) >= 11 is 0. The molecular weight excluding hydrogens is 1540 g/mol. The topological polar surface area (TPSA) is 307 Å². The molecule has 0 saturated heterocycles. The fourth-order valence-electron chi connectivity index (χ4n) is 13.2. The van der Waals surface area contributed by atoms with Crippen molar-refractivity contribution in [2.45, 2.75) is 385 Å². The number of aliphatic hydroxyl groups is 3. The number of nitrogens with two attached hydrogens (primary N) is 2. The summed E-state index contributed by atoms with van der Waals surface area (Å²) in [6.45, 7) is 35.6. The molecule has 5 fully saturated rings. The summed E-state index contributed by atoms with van der Waals surface area (Å²) in [7, 11) is 1.54. The van der Waals surface area contributed by atoms with Gasteiger partial charge in [0.15, 0.2) is 17.4 Å². The fraction of sp³-hybridized carbons (Fsp3) is 0.660. The molecular formula is C94H146N2O24. The minimum atomic E-state index is -1.41. The van der Waals surface area contributed by atoms with Crippen molar-refractivity contribution in [3.63, 3.8) is 0 Å². The molecule has 0 radical (unpaired) electrons. The summed E-state index contributed by atoms with van der Waals surface area (Å²) in [5, 5.41) is 33.0. The third-order valence-corrected chi connectivity index (χ3v) is 20.8. The van der Waals surface area contributed by atoms with Crippen molar-refractivity contribution in [1.29, 1.82) is 0 Å². The molecule has 7 N–H and O–H groups in total. The molecule has 6 aromatic rings. The van der Waals surface area contributed by atoms with Gasteiger partial charge in [-0.3, -0.25) is 0 Å². The van der Waals surface area contributed by atoms with E-state index in [4.69, 9.17) is 114 Å². The summed E-state index contributed by atoms with van der Waals surface area (Å²) in [5.74, 6) is -8.45. The highest BCUT2D eigenvalue weighted by atomic mass is 17.4. The highest BCUT2D eigenvalue weighted by molar-refractivity contribution is 5.84. The molecule has 5 saturated carbocycles. The quantitative estimate of drug-likeness (QED) is 0.0139. The van der Waals surface area contributed by atoms with Gasteiger partial charge in [0.2, 0.25) is 28.9 Å². The van der Waals surface area contributed by atoms with Gasteiger partial charge in [0.25, 0.3) is 0 Å². The molecule has 0 spiro atoms. The van der Waals surface area contributed by atoms with Gasteiger partial charge in [0.1, 0.15) is 39.5 Å². The van der Waals surface area contributed by atoms with E-state index in [9.17, 15) is 15.3 Å². The Hall–Kier alpha value is -5.20. The van der Waals surface area contributed by atoms with Gasteiger partial charge < -0.3 is 31.5 Å². The molecule has 0 heterocycles. The number of benzene rings is 6. The fourth-order valence-corrected chi connectivity index (χ4v) is 13.2. The molecule has 11 rings (SSSR count). The molecule has 0 aromatic heterocycles. The van der Waals surface area contributed by atoms with Crippen molar-refractivity contribution in [2.75, 3.05) is 13.7 Å². The van der Waals surface area contributed by atoms with Crippen LogP contribution in [0.15, 0.2) is 146 Å². The van der Waals surface area contributed by atoms with E-state index in [-0.39, 0.29) is 6.61 Å². The zero-order chi connectivity index (χ0) is 88.3. The molecule has 6 aromatic carbocycles. The lowest BCUT2D eigenvalue weighted by atomic mass is 9.94. The zero-order valence-corrected chi connectivity index (χ0v) is 75.8. The Morgan fingerprint density at radius 1 is 0.267 bits per heavy atom. The smallest absolute Gasteiger partial charge is 0.234 e. The van der Waals surface area contributed by atoms with E-state index in [1.165, 1.54) is 55.7 Å². The lowest BCUT2D eigenvalue weighted by Gasteiger charge is -2.39. The van der Waals surface area contributed by atoms with Crippen LogP contribution >= 0.6 is 0 Å². The minimum Gasteiger partial charge on any atom is -0.393 e. The van der Waals surface area contributed by atoms with Gasteiger partial charge in [-0.05, 0) is 259 Å². The van der Waals surface area contributed by atoms with Crippen molar-refractivity contribution in [1.82, 2.24) is 0 Å². The van der Waals surface area contributed by atoms with Gasteiger partial charge in [-0.25, -0.2) is 34.2 Å². The summed E-state index contributed by atoms with van der Waals surface area (Å²) in [6, 6.07) is 49.5. The molecule has 26 heteroatoms. The second-order valence-electron chi connectivity index (χ2n) is 37.5. The van der Waals surface area contributed by atoms with E-state index in [0.29, 0.717) is 51.4 Å². The second-order valence-corrected chi connectivity index (χ2v) is 37.5. The molecule has 0 bridgehead atoms. The molecule has 120 heavy (non-hydrogen) atoms. The van der Waals surface area contributed by atoms with Gasteiger partial charge >= 0.3 is 0 Å². The first kappa shape index (κ1) is 102. The van der Waals surface area contributed by atoms with Gasteiger partial charge in [-0.15, -0.1) is 0 Å². The average molecular weight is 1690 g/mol. The Bertz CT molecular complexity index is 3620. The van der Waals surface area contributed by atoms with E-state index in [1.54, 1.807) is 62.5 Å². The normalized spacial score (nSPS) is 18.6. The maximum atomic E-state index is 9.50. The largest absolute Gasteiger partial charge is 0.393 e. The Labute approximate surface area is 713 Å². The number of aliphatic hydroxyl groups excluding tert-OH is 1. The molecule has 0 aliphatic heterocycles. The van der Waals surface area contributed by atoms with Crippen LogP contribution in [0, 0.1) is 0 Å². The van der Waals surface area contributed by atoms with Crippen molar-refractivity contribution >= 4 is 21.5 Å². The molecule has 5 aliphatic carbocycles. The Kier molecular flexibility index (Phi) is 38.0. The molecule has 5 aliphatic rings. The molecule has 0 unspecified atom stereocenters. The standard InChI is InChI=1S/C32H36O4.C24H32O4.C14H28O6.C12H26N2O4.C12H24O6/c1-30(2,28-18-16-24-12-6-8-14-26(24)22-28)33-35-32(20-10-5-11-21-32)36-34-31(3,4)29-19-17-25-13-7-9-15-27(25)23-29;1-22(2,20-14-8-5-9-15-20)25-27-24(18-12-7-13-19-24)28-26-23(3,4)21-16-10-6-11-17-21;1-12(2,11-15)17-19-14(9-7-6-8-10-14)20-18-13(3,4)16-5;2*1-10(2,13)15-17-12(8-6-5-7-9-12)18-16-11(3,4)14/h6-9,12-19,22-23H,5,10-11,20-21H2,1-4H3;5-6,8-11,14-17H,7,12-13,18-19H2,1-4H3;15H,6-11H2,1-5H3;5-9,13-14H2,1-4H3;13-14H,5-9H2,1-4H3. The van der Waals surface area contributed by atoms with Gasteiger partial charge in [-0.1, -0.05) is 166 Å². The van der Waals surface area contributed by atoms with E-state index in [1.807, 2.05) is 116 Å². The van der Waals surface area contributed by atoms with Crippen molar-refractivity contribution in [3.8, 4) is 0 Å². The lowest BCUT2D eigenvalue weighted by Crippen LogP contribution is -2.47. The average Bonchev–Trinajstić information content (AvgIpc) is 0.800. The van der Waals surface area contributed by atoms with Crippen molar-refractivity contribution in [2.24, 2.45) is 11.5 Å². The monoisotopic (exact) mass is 1690 g/mol. The molecule has 0 amide bonds. The highest BCUT2D eigenvalue weighted by Gasteiger charge is 2.47. The van der Waals surface area contributed by atoms with Gasteiger partial charge in [0, 0.05) is 71.3 Å². The number of rotatable bonds is 36. The molecule has 26 nitrogen and oxygen atoms in total. The second kappa shape index (κ2) is 44.8. The first-order chi connectivity index (χ1) is 56.1. The van der Waals surface area contributed by atoms with Crippen LogP contribution in [0.3, 0.4) is 0 Å². The van der Waals surface area contributed by atoms with Crippen molar-refractivity contribution < 1.29 is 118 Å². The first-order valence-electron chi connectivity index (χ1n) is 43.0. The van der Waals surface area contributed by atoms with E-state index in [2.05, 4.69) is 84.9 Å². The van der Waals surface area contributed by atoms with Crippen LogP contribution in [-0.2, 0) is 125 Å². The summed E-state index contributed by atoms with van der Waals surface area (Å²) in [4.78, 5) is 111. The van der Waals surface area contributed by atoms with E-state index < -0.39 is 85.8 Å². The highest BCUT2D eigenvalue weighted by Crippen LogP contribution is 2.44. The maximum absolute atomic E-state index is 9.50. The third-order valence-electron chi connectivity index (χ3n) is 20.8. The number of ether oxygens (including phenoxy) is 1. The first-order valence-corrected chi connectivity index (χ1v) is 43.0. The maximum Gasteiger partial charge on any atom is 0.234 e. The number of hydrogen-bond donors (Lipinski definition) is 5. The summed E-state index contributed by atoms with van der Waals surface area (Å²) in [5.41, 5.74) is 10.6. The summed E-state index contributed by atoms with van der Waals surface area (Å²) < 4.78 is 5.16.